The van der Waals surface area contributed by atoms with Crippen LogP contribution in [-0.2, 0) is 11.2 Å². The van der Waals surface area contributed by atoms with E-state index in [9.17, 15) is 0 Å². The van der Waals surface area contributed by atoms with Gasteiger partial charge in [0.1, 0.15) is 0 Å². The summed E-state index contributed by atoms with van der Waals surface area (Å²) < 4.78 is 5.31. The number of hydrazine groups is 1. The minimum absolute atomic E-state index is 0.212. The van der Waals surface area contributed by atoms with Crippen LogP contribution >= 0.6 is 0 Å². The zero-order chi connectivity index (χ0) is 12.3. The van der Waals surface area contributed by atoms with Crippen molar-refractivity contribution in [3.05, 3.63) is 29.6 Å². The lowest BCUT2D eigenvalue weighted by Gasteiger charge is -2.25. The van der Waals surface area contributed by atoms with Gasteiger partial charge in [0.25, 0.3) is 0 Å². The van der Waals surface area contributed by atoms with Gasteiger partial charge in [0, 0.05) is 31.0 Å². The number of fused-ring (bicyclic) bond motifs is 1. The number of aromatic nitrogens is 1. The van der Waals surface area contributed by atoms with Crippen molar-refractivity contribution < 1.29 is 4.74 Å². The zero-order valence-corrected chi connectivity index (χ0v) is 10.5. The molecule has 3 N–H and O–H groups in total. The van der Waals surface area contributed by atoms with Crippen LogP contribution in [-0.4, -0.2) is 24.2 Å². The molecule has 1 aliphatic carbocycles. The van der Waals surface area contributed by atoms with E-state index in [1.807, 2.05) is 12.3 Å². The lowest BCUT2D eigenvalue weighted by Crippen LogP contribution is -2.41. The lowest BCUT2D eigenvalue weighted by atomic mass is 9.93. The van der Waals surface area contributed by atoms with Gasteiger partial charge < -0.3 is 4.74 Å². The maximum atomic E-state index is 5.68. The second-order valence-electron chi connectivity index (χ2n) is 4.75. The summed E-state index contributed by atoms with van der Waals surface area (Å²) in [5, 5.41) is 0. The van der Waals surface area contributed by atoms with Gasteiger partial charge in [-0.05, 0) is 37.8 Å². The maximum absolute atomic E-state index is 5.68. The first-order chi connectivity index (χ1) is 8.26. The molecule has 1 aliphatic rings. The minimum atomic E-state index is 0.212. The van der Waals surface area contributed by atoms with E-state index in [-0.39, 0.29) is 12.1 Å². The molecule has 3 atom stereocenters. The van der Waals surface area contributed by atoms with E-state index in [0.29, 0.717) is 5.92 Å². The number of nitrogens with zero attached hydrogens (tertiary/aromatic N) is 1. The van der Waals surface area contributed by atoms with E-state index >= 15 is 0 Å². The Bertz CT molecular complexity index is 369. The standard InChI is InChI=1S/C13H21N3O/c1-9(17-2)8-12(16-14)11-6-5-10-4-3-7-15-13(10)11/h3-4,7,9,11-12,16H,5-6,8,14H2,1-2H3. The fourth-order valence-corrected chi connectivity index (χ4v) is 2.64. The molecule has 0 saturated heterocycles. The van der Waals surface area contributed by atoms with Gasteiger partial charge in [-0.2, -0.15) is 0 Å². The fourth-order valence-electron chi connectivity index (χ4n) is 2.64. The lowest BCUT2D eigenvalue weighted by molar-refractivity contribution is 0.0966. The first-order valence-electron chi connectivity index (χ1n) is 6.19. The molecular formula is C13H21N3O. The number of methoxy groups -OCH3 is 1. The van der Waals surface area contributed by atoms with Crippen molar-refractivity contribution in [1.29, 1.82) is 0 Å². The molecule has 0 amide bonds. The molecule has 0 aromatic carbocycles. The van der Waals surface area contributed by atoms with Gasteiger partial charge in [0.05, 0.1) is 6.10 Å². The summed E-state index contributed by atoms with van der Waals surface area (Å²) in [4.78, 5) is 4.51. The van der Waals surface area contributed by atoms with Gasteiger partial charge in [-0.1, -0.05) is 6.07 Å². The third kappa shape index (κ3) is 2.65. The normalized spacial score (nSPS) is 22.2. The van der Waals surface area contributed by atoms with Crippen LogP contribution in [0.4, 0.5) is 0 Å². The molecule has 0 fully saturated rings. The Morgan fingerprint density at radius 3 is 3.18 bits per heavy atom. The van der Waals surface area contributed by atoms with Crippen LogP contribution < -0.4 is 11.3 Å². The zero-order valence-electron chi connectivity index (χ0n) is 10.5. The van der Waals surface area contributed by atoms with Crippen molar-refractivity contribution in [3.63, 3.8) is 0 Å². The third-order valence-electron chi connectivity index (χ3n) is 3.69. The van der Waals surface area contributed by atoms with Gasteiger partial charge in [0.2, 0.25) is 0 Å². The van der Waals surface area contributed by atoms with Crippen LogP contribution in [0.1, 0.15) is 36.9 Å². The monoisotopic (exact) mass is 235 g/mol. The van der Waals surface area contributed by atoms with Gasteiger partial charge in [-0.3, -0.25) is 16.3 Å². The first kappa shape index (κ1) is 12.5. The predicted molar refractivity (Wildman–Crippen MR) is 67.5 cm³/mol. The number of hydrogen-bond donors (Lipinski definition) is 2. The van der Waals surface area contributed by atoms with E-state index in [2.05, 4.69) is 23.4 Å². The second kappa shape index (κ2) is 5.58. The van der Waals surface area contributed by atoms with Crippen LogP contribution in [0.5, 0.6) is 0 Å². The highest BCUT2D eigenvalue weighted by atomic mass is 16.5. The Morgan fingerprint density at radius 1 is 1.65 bits per heavy atom. The summed E-state index contributed by atoms with van der Waals surface area (Å²) in [6.07, 6.45) is 5.22. The van der Waals surface area contributed by atoms with Crippen LogP contribution in [0.15, 0.2) is 18.3 Å². The number of nitrogens with two attached hydrogens (primary N) is 1. The number of nitrogens with one attached hydrogen (secondary N) is 1. The van der Waals surface area contributed by atoms with Crippen molar-refractivity contribution in [2.75, 3.05) is 7.11 Å². The number of ether oxygens (including phenoxy) is 1. The third-order valence-corrected chi connectivity index (χ3v) is 3.69. The molecule has 94 valence electrons. The molecular weight excluding hydrogens is 214 g/mol. The van der Waals surface area contributed by atoms with E-state index < -0.39 is 0 Å². The van der Waals surface area contributed by atoms with Crippen LogP contribution in [0, 0.1) is 0 Å². The second-order valence-corrected chi connectivity index (χ2v) is 4.75. The van der Waals surface area contributed by atoms with E-state index in [1.165, 1.54) is 11.3 Å². The molecule has 2 rings (SSSR count). The highest BCUT2D eigenvalue weighted by Gasteiger charge is 2.31. The molecule has 0 spiro atoms. The van der Waals surface area contributed by atoms with E-state index in [1.54, 1.807) is 7.11 Å². The summed E-state index contributed by atoms with van der Waals surface area (Å²) in [6, 6.07) is 4.40. The molecule has 17 heavy (non-hydrogen) atoms. The van der Waals surface area contributed by atoms with Crippen molar-refractivity contribution in [1.82, 2.24) is 10.4 Å². The highest BCUT2D eigenvalue weighted by Crippen LogP contribution is 2.34. The van der Waals surface area contributed by atoms with Crippen LogP contribution in [0.3, 0.4) is 0 Å². The summed E-state index contributed by atoms with van der Waals surface area (Å²) >= 11 is 0. The molecule has 0 aliphatic heterocycles. The summed E-state index contributed by atoms with van der Waals surface area (Å²) in [5.41, 5.74) is 5.50. The largest absolute Gasteiger partial charge is 0.382 e. The molecule has 3 unspecified atom stereocenters. The molecule has 1 aromatic heterocycles. The van der Waals surface area contributed by atoms with Gasteiger partial charge in [-0.25, -0.2) is 0 Å². The van der Waals surface area contributed by atoms with Crippen LogP contribution in [0.2, 0.25) is 0 Å². The topological polar surface area (TPSA) is 60.2 Å². The molecule has 4 nitrogen and oxygen atoms in total. The Balaban J connectivity index is 2.12. The van der Waals surface area contributed by atoms with Crippen molar-refractivity contribution in [3.8, 4) is 0 Å². The first-order valence-corrected chi connectivity index (χ1v) is 6.19. The number of hydrogen-bond acceptors (Lipinski definition) is 4. The molecule has 1 aromatic rings. The Hall–Kier alpha value is -0.970. The van der Waals surface area contributed by atoms with Crippen molar-refractivity contribution in [2.45, 2.75) is 44.2 Å². The predicted octanol–water partition coefficient (Wildman–Crippen LogP) is 1.37. The van der Waals surface area contributed by atoms with E-state index in [4.69, 9.17) is 10.6 Å². The molecule has 4 heteroatoms. The smallest absolute Gasteiger partial charge is 0.0558 e. The fraction of sp³-hybridized carbons (Fsp3) is 0.615. The van der Waals surface area contributed by atoms with Crippen molar-refractivity contribution >= 4 is 0 Å². The Kier molecular flexibility index (Phi) is 4.10. The average Bonchev–Trinajstić information content (AvgIpc) is 2.79. The number of rotatable bonds is 5. The van der Waals surface area contributed by atoms with Crippen LogP contribution in [0.25, 0.3) is 0 Å². The average molecular weight is 235 g/mol. The molecule has 0 saturated carbocycles. The summed E-state index contributed by atoms with van der Waals surface area (Å²) in [5.74, 6) is 6.09. The van der Waals surface area contributed by atoms with E-state index in [0.717, 1.165) is 19.3 Å². The van der Waals surface area contributed by atoms with Gasteiger partial charge in [0.15, 0.2) is 0 Å². The number of aryl methyl sites for hydroxylation is 1. The Morgan fingerprint density at radius 2 is 2.47 bits per heavy atom. The quantitative estimate of drug-likeness (QED) is 0.598. The Labute approximate surface area is 103 Å². The summed E-state index contributed by atoms with van der Waals surface area (Å²) in [6.45, 7) is 2.07. The minimum Gasteiger partial charge on any atom is -0.382 e. The molecule has 0 radical (unpaired) electrons. The molecule has 1 heterocycles. The van der Waals surface area contributed by atoms with Crippen molar-refractivity contribution in [2.24, 2.45) is 5.84 Å². The van der Waals surface area contributed by atoms with Gasteiger partial charge >= 0.3 is 0 Å². The van der Waals surface area contributed by atoms with Gasteiger partial charge in [-0.15, -0.1) is 0 Å². The molecule has 0 bridgehead atoms. The number of pyridine rings is 1. The maximum Gasteiger partial charge on any atom is 0.0558 e. The highest BCUT2D eigenvalue weighted by molar-refractivity contribution is 5.29. The summed E-state index contributed by atoms with van der Waals surface area (Å²) in [7, 11) is 1.74. The SMILES string of the molecule is COC(C)CC(NN)C1CCc2cccnc21.